The largest absolute Gasteiger partial charge is 0.356 e. The minimum Gasteiger partial charge on any atom is -0.356 e. The van der Waals surface area contributed by atoms with Crippen LogP contribution in [0, 0.1) is 5.41 Å². The van der Waals surface area contributed by atoms with Crippen molar-refractivity contribution in [3.05, 3.63) is 0 Å². The average Bonchev–Trinajstić information content (AvgIpc) is 2.10. The minimum absolute atomic E-state index is 0. The van der Waals surface area contributed by atoms with E-state index < -0.39 is 0 Å². The van der Waals surface area contributed by atoms with Gasteiger partial charge in [0.05, 0.1) is 0 Å². The van der Waals surface area contributed by atoms with Gasteiger partial charge in [0.2, 0.25) is 5.91 Å². The maximum absolute atomic E-state index is 11.4. The van der Waals surface area contributed by atoms with E-state index in [1.807, 2.05) is 7.05 Å². The topological polar surface area (TPSA) is 41.1 Å². The fourth-order valence-corrected chi connectivity index (χ4v) is 1.36. The molecule has 0 aliphatic heterocycles. The van der Waals surface area contributed by atoms with Crippen molar-refractivity contribution in [1.82, 2.24) is 10.6 Å². The number of amides is 1. The zero-order valence-corrected chi connectivity index (χ0v) is 11.9. The van der Waals surface area contributed by atoms with Crippen molar-refractivity contribution >= 4 is 18.3 Å². The smallest absolute Gasteiger partial charge is 0.219 e. The second-order valence-electron chi connectivity index (χ2n) is 5.22. The molecule has 3 nitrogen and oxygen atoms in total. The first kappa shape index (κ1) is 18.1. The van der Waals surface area contributed by atoms with Crippen LogP contribution >= 0.6 is 12.4 Å². The van der Waals surface area contributed by atoms with E-state index in [4.69, 9.17) is 0 Å². The summed E-state index contributed by atoms with van der Waals surface area (Å²) in [6, 6.07) is 0. The number of rotatable bonds is 7. The molecule has 0 aliphatic carbocycles. The standard InChI is InChI=1S/C12H26N2O.ClH/c1-12(2,3)8-5-7-11(15)14-10-6-9-13-4;/h13H,5-10H2,1-4H3,(H,14,15);1H. The molecule has 0 saturated heterocycles. The number of carbonyl (C=O) groups is 1. The van der Waals surface area contributed by atoms with Crippen molar-refractivity contribution in [2.75, 3.05) is 20.1 Å². The number of hydrogen-bond acceptors (Lipinski definition) is 2. The van der Waals surface area contributed by atoms with Crippen molar-refractivity contribution < 1.29 is 4.79 Å². The molecule has 0 saturated carbocycles. The van der Waals surface area contributed by atoms with E-state index in [1.165, 1.54) is 0 Å². The lowest BCUT2D eigenvalue weighted by Crippen LogP contribution is -2.26. The van der Waals surface area contributed by atoms with Crippen molar-refractivity contribution in [3.63, 3.8) is 0 Å². The highest BCUT2D eigenvalue weighted by Crippen LogP contribution is 2.21. The van der Waals surface area contributed by atoms with Crippen LogP contribution in [0.2, 0.25) is 0 Å². The Morgan fingerprint density at radius 1 is 1.12 bits per heavy atom. The molecule has 0 bridgehead atoms. The molecule has 0 radical (unpaired) electrons. The summed E-state index contributed by atoms with van der Waals surface area (Å²) < 4.78 is 0. The predicted molar refractivity (Wildman–Crippen MR) is 72.1 cm³/mol. The van der Waals surface area contributed by atoms with Gasteiger partial charge in [0.15, 0.2) is 0 Å². The van der Waals surface area contributed by atoms with Crippen LogP contribution in [0.5, 0.6) is 0 Å². The Morgan fingerprint density at radius 3 is 2.25 bits per heavy atom. The van der Waals surface area contributed by atoms with Gasteiger partial charge >= 0.3 is 0 Å². The lowest BCUT2D eigenvalue weighted by atomic mass is 9.90. The highest BCUT2D eigenvalue weighted by molar-refractivity contribution is 5.85. The Morgan fingerprint density at radius 2 is 1.75 bits per heavy atom. The normalized spacial score (nSPS) is 10.8. The molecule has 98 valence electrons. The van der Waals surface area contributed by atoms with Gasteiger partial charge in [0.25, 0.3) is 0 Å². The molecule has 0 aliphatic rings. The van der Waals surface area contributed by atoms with Crippen molar-refractivity contribution in [1.29, 1.82) is 0 Å². The van der Waals surface area contributed by atoms with Crippen LogP contribution in [0.25, 0.3) is 0 Å². The fourth-order valence-electron chi connectivity index (χ4n) is 1.36. The van der Waals surface area contributed by atoms with Crippen molar-refractivity contribution in [2.45, 2.75) is 46.5 Å². The minimum atomic E-state index is 0. The molecule has 0 heterocycles. The Balaban J connectivity index is 0. The monoisotopic (exact) mass is 250 g/mol. The molecule has 0 spiro atoms. The van der Waals surface area contributed by atoms with Gasteiger partial charge in [-0.2, -0.15) is 0 Å². The van der Waals surface area contributed by atoms with Crippen LogP contribution in [-0.2, 0) is 4.79 Å². The van der Waals surface area contributed by atoms with Crippen molar-refractivity contribution in [3.8, 4) is 0 Å². The van der Waals surface area contributed by atoms with E-state index in [1.54, 1.807) is 0 Å². The Kier molecular flexibility index (Phi) is 11.2. The lowest BCUT2D eigenvalue weighted by Gasteiger charge is -2.17. The van der Waals surface area contributed by atoms with E-state index in [2.05, 4.69) is 31.4 Å². The number of carbonyl (C=O) groups excluding carboxylic acids is 1. The average molecular weight is 251 g/mol. The van der Waals surface area contributed by atoms with Gasteiger partial charge in [-0.3, -0.25) is 4.79 Å². The maximum Gasteiger partial charge on any atom is 0.219 e. The van der Waals surface area contributed by atoms with Gasteiger partial charge in [0, 0.05) is 13.0 Å². The van der Waals surface area contributed by atoms with Crippen LogP contribution < -0.4 is 10.6 Å². The molecule has 16 heavy (non-hydrogen) atoms. The molecular formula is C12H27ClN2O. The molecule has 0 unspecified atom stereocenters. The zero-order chi connectivity index (χ0) is 11.7. The predicted octanol–water partition coefficient (Wildman–Crippen LogP) is 2.35. The summed E-state index contributed by atoms with van der Waals surface area (Å²) in [4.78, 5) is 11.4. The molecule has 0 aromatic heterocycles. The quantitative estimate of drug-likeness (QED) is 0.681. The third-order valence-electron chi connectivity index (χ3n) is 2.26. The van der Waals surface area contributed by atoms with Gasteiger partial charge in [0.1, 0.15) is 0 Å². The van der Waals surface area contributed by atoms with Gasteiger partial charge < -0.3 is 10.6 Å². The van der Waals surface area contributed by atoms with E-state index in [0.717, 1.165) is 32.4 Å². The Bertz CT molecular complexity index is 178. The summed E-state index contributed by atoms with van der Waals surface area (Å²) in [6.45, 7) is 8.37. The summed E-state index contributed by atoms with van der Waals surface area (Å²) in [6.07, 6.45) is 3.76. The van der Waals surface area contributed by atoms with Gasteiger partial charge in [-0.05, 0) is 38.3 Å². The lowest BCUT2D eigenvalue weighted by molar-refractivity contribution is -0.121. The molecule has 2 N–H and O–H groups in total. The highest BCUT2D eigenvalue weighted by Gasteiger charge is 2.10. The molecule has 0 aromatic rings. The molecule has 1 amide bonds. The summed E-state index contributed by atoms with van der Waals surface area (Å²) in [5.74, 6) is 0.190. The molecule has 4 heteroatoms. The van der Waals surface area contributed by atoms with E-state index >= 15 is 0 Å². The van der Waals surface area contributed by atoms with E-state index in [0.29, 0.717) is 11.8 Å². The second kappa shape index (κ2) is 9.91. The van der Waals surface area contributed by atoms with Crippen LogP contribution in [0.4, 0.5) is 0 Å². The summed E-state index contributed by atoms with van der Waals surface area (Å²) in [7, 11) is 1.92. The SMILES string of the molecule is CNCCCNC(=O)CCCC(C)(C)C.Cl. The van der Waals surface area contributed by atoms with Gasteiger partial charge in [-0.25, -0.2) is 0 Å². The first-order chi connectivity index (χ1) is 6.95. The maximum atomic E-state index is 11.4. The third kappa shape index (κ3) is 13.7. The fraction of sp³-hybridized carbons (Fsp3) is 0.917. The van der Waals surface area contributed by atoms with E-state index in [9.17, 15) is 4.79 Å². The summed E-state index contributed by atoms with van der Waals surface area (Å²) in [5, 5.41) is 5.98. The van der Waals surface area contributed by atoms with Crippen LogP contribution in [0.3, 0.4) is 0 Å². The van der Waals surface area contributed by atoms with Crippen LogP contribution in [-0.4, -0.2) is 26.0 Å². The molecule has 0 fully saturated rings. The van der Waals surface area contributed by atoms with Crippen LogP contribution in [0.1, 0.15) is 46.5 Å². The zero-order valence-electron chi connectivity index (χ0n) is 11.1. The Hall–Kier alpha value is -0.280. The number of nitrogens with one attached hydrogen (secondary N) is 2. The Labute approximate surface area is 106 Å². The summed E-state index contributed by atoms with van der Waals surface area (Å²) >= 11 is 0. The van der Waals surface area contributed by atoms with Crippen LogP contribution in [0.15, 0.2) is 0 Å². The van der Waals surface area contributed by atoms with Gasteiger partial charge in [-0.15, -0.1) is 12.4 Å². The van der Waals surface area contributed by atoms with Crippen molar-refractivity contribution in [2.24, 2.45) is 5.41 Å². The molecule has 0 aromatic carbocycles. The number of halogens is 1. The first-order valence-electron chi connectivity index (χ1n) is 5.87. The third-order valence-corrected chi connectivity index (χ3v) is 2.26. The molecule has 0 atom stereocenters. The second-order valence-corrected chi connectivity index (χ2v) is 5.22. The highest BCUT2D eigenvalue weighted by atomic mass is 35.5. The van der Waals surface area contributed by atoms with E-state index in [-0.39, 0.29) is 18.3 Å². The first-order valence-corrected chi connectivity index (χ1v) is 5.87. The number of hydrogen-bond donors (Lipinski definition) is 2. The van der Waals surface area contributed by atoms with Gasteiger partial charge in [-0.1, -0.05) is 20.8 Å². The molecular weight excluding hydrogens is 224 g/mol. The molecule has 0 rings (SSSR count). The summed E-state index contributed by atoms with van der Waals surface area (Å²) in [5.41, 5.74) is 0.340.